The minimum atomic E-state index is -3.82. The number of piperidine rings is 1. The number of nitrogens with two attached hydrogens (primary N) is 1. The van der Waals surface area contributed by atoms with E-state index >= 15 is 0 Å². The highest BCUT2D eigenvalue weighted by atomic mass is 35.5. The summed E-state index contributed by atoms with van der Waals surface area (Å²) in [5, 5.41) is -0.190. The molecule has 18 heavy (non-hydrogen) atoms. The average Bonchev–Trinajstić information content (AvgIpc) is 2.33. The summed E-state index contributed by atoms with van der Waals surface area (Å²) in [4.78, 5) is -0.370. The summed E-state index contributed by atoms with van der Waals surface area (Å²) in [6, 6.07) is 3.99. The first-order chi connectivity index (χ1) is 8.43. The Morgan fingerprint density at radius 3 is 2.56 bits per heavy atom. The second kappa shape index (κ2) is 5.13. The molecule has 1 aromatic carbocycles. The second-order valence-corrected chi connectivity index (χ2v) is 6.61. The molecule has 1 saturated heterocycles. The van der Waals surface area contributed by atoms with Gasteiger partial charge in [-0.05, 0) is 25.0 Å². The van der Waals surface area contributed by atoms with Gasteiger partial charge in [-0.1, -0.05) is 17.7 Å². The molecular weight excluding hydrogens is 279 g/mol. The van der Waals surface area contributed by atoms with Gasteiger partial charge in [-0.15, -0.1) is 0 Å². The van der Waals surface area contributed by atoms with E-state index in [-0.39, 0.29) is 16.0 Å². The number of halogens is 2. The fourth-order valence-electron chi connectivity index (χ4n) is 1.94. The Morgan fingerprint density at radius 2 is 1.94 bits per heavy atom. The molecule has 0 radical (unpaired) electrons. The van der Waals surface area contributed by atoms with Crippen molar-refractivity contribution in [3.05, 3.63) is 29.0 Å². The fourth-order valence-corrected chi connectivity index (χ4v) is 3.73. The Balaban J connectivity index is 2.34. The number of benzene rings is 1. The van der Waals surface area contributed by atoms with Gasteiger partial charge >= 0.3 is 0 Å². The highest BCUT2D eigenvalue weighted by molar-refractivity contribution is 7.89. The summed E-state index contributed by atoms with van der Waals surface area (Å²) in [7, 11) is -3.82. The molecule has 1 fully saturated rings. The third kappa shape index (κ3) is 2.51. The van der Waals surface area contributed by atoms with E-state index in [4.69, 9.17) is 17.3 Å². The van der Waals surface area contributed by atoms with Crippen molar-refractivity contribution in [3.8, 4) is 0 Å². The van der Waals surface area contributed by atoms with Gasteiger partial charge in [0.05, 0.1) is 5.02 Å². The zero-order chi connectivity index (χ0) is 13.3. The monoisotopic (exact) mass is 292 g/mol. The van der Waals surface area contributed by atoms with Gasteiger partial charge in [0.15, 0.2) is 5.82 Å². The summed E-state index contributed by atoms with van der Waals surface area (Å²) in [6.45, 7) is 0.630. The van der Waals surface area contributed by atoms with Crippen LogP contribution in [0, 0.1) is 5.82 Å². The van der Waals surface area contributed by atoms with Crippen LogP contribution in [0.25, 0.3) is 0 Å². The maximum absolute atomic E-state index is 13.8. The number of nitrogens with zero attached hydrogens (tertiary/aromatic N) is 1. The molecule has 0 amide bonds. The average molecular weight is 293 g/mol. The number of hydrogen-bond acceptors (Lipinski definition) is 3. The van der Waals surface area contributed by atoms with E-state index in [0.717, 1.165) is 0 Å². The zero-order valence-electron chi connectivity index (χ0n) is 9.64. The van der Waals surface area contributed by atoms with E-state index < -0.39 is 15.8 Å². The molecule has 7 heteroatoms. The summed E-state index contributed by atoms with van der Waals surface area (Å²) in [5.74, 6) is -0.894. The van der Waals surface area contributed by atoms with E-state index in [1.165, 1.54) is 22.5 Å². The van der Waals surface area contributed by atoms with Gasteiger partial charge in [0.2, 0.25) is 10.0 Å². The van der Waals surface area contributed by atoms with Crippen molar-refractivity contribution in [2.45, 2.75) is 23.8 Å². The molecular formula is C11H14ClFN2O2S. The minimum absolute atomic E-state index is 0.0145. The normalized spacial score (nSPS) is 19.1. The molecule has 0 bridgehead atoms. The molecule has 0 aromatic heterocycles. The SMILES string of the molecule is NC1CCN(S(=O)(=O)c2cccc(Cl)c2F)CC1. The molecule has 2 N–H and O–H groups in total. The third-order valence-corrected chi connectivity index (χ3v) is 5.24. The summed E-state index contributed by atoms with van der Waals surface area (Å²) >= 11 is 5.60. The van der Waals surface area contributed by atoms with Crippen LogP contribution in [0.5, 0.6) is 0 Å². The van der Waals surface area contributed by atoms with E-state index in [0.29, 0.717) is 25.9 Å². The maximum atomic E-state index is 13.8. The second-order valence-electron chi connectivity index (χ2n) is 4.29. The van der Waals surface area contributed by atoms with Crippen LogP contribution in [0.1, 0.15) is 12.8 Å². The van der Waals surface area contributed by atoms with Crippen molar-refractivity contribution in [2.75, 3.05) is 13.1 Å². The van der Waals surface area contributed by atoms with Crippen molar-refractivity contribution in [1.29, 1.82) is 0 Å². The molecule has 0 unspecified atom stereocenters. The molecule has 1 aromatic rings. The van der Waals surface area contributed by atoms with Crippen molar-refractivity contribution < 1.29 is 12.8 Å². The largest absolute Gasteiger partial charge is 0.328 e. The van der Waals surface area contributed by atoms with Crippen LogP contribution in [0.15, 0.2) is 23.1 Å². The van der Waals surface area contributed by atoms with Gasteiger partial charge in [0.1, 0.15) is 4.90 Å². The molecule has 0 saturated carbocycles. The van der Waals surface area contributed by atoms with Crippen LogP contribution in [0.2, 0.25) is 5.02 Å². The van der Waals surface area contributed by atoms with Crippen LogP contribution in [-0.4, -0.2) is 31.9 Å². The number of rotatable bonds is 2. The van der Waals surface area contributed by atoms with E-state index in [1.807, 2.05) is 0 Å². The number of sulfonamides is 1. The summed E-state index contributed by atoms with van der Waals surface area (Å²) in [6.07, 6.45) is 1.17. The van der Waals surface area contributed by atoms with Crippen molar-refractivity contribution >= 4 is 21.6 Å². The predicted molar refractivity (Wildman–Crippen MR) is 67.4 cm³/mol. The van der Waals surface area contributed by atoms with Crippen LogP contribution < -0.4 is 5.73 Å². The van der Waals surface area contributed by atoms with Gasteiger partial charge < -0.3 is 5.73 Å². The molecule has 1 heterocycles. The van der Waals surface area contributed by atoms with Gasteiger partial charge in [0, 0.05) is 19.1 Å². The lowest BCUT2D eigenvalue weighted by atomic mass is 10.1. The fraction of sp³-hybridized carbons (Fsp3) is 0.455. The maximum Gasteiger partial charge on any atom is 0.246 e. The van der Waals surface area contributed by atoms with Crippen molar-refractivity contribution in [3.63, 3.8) is 0 Å². The van der Waals surface area contributed by atoms with Crippen LogP contribution in [0.4, 0.5) is 4.39 Å². The predicted octanol–water partition coefficient (Wildman–Crippen LogP) is 1.59. The molecule has 0 spiro atoms. The van der Waals surface area contributed by atoms with E-state index in [9.17, 15) is 12.8 Å². The van der Waals surface area contributed by atoms with Crippen molar-refractivity contribution in [1.82, 2.24) is 4.31 Å². The van der Waals surface area contributed by atoms with Gasteiger partial charge in [-0.25, -0.2) is 12.8 Å². The van der Waals surface area contributed by atoms with Crippen LogP contribution in [-0.2, 0) is 10.0 Å². The number of hydrogen-bond donors (Lipinski definition) is 1. The molecule has 0 aliphatic carbocycles. The highest BCUT2D eigenvalue weighted by Crippen LogP contribution is 2.26. The Morgan fingerprint density at radius 1 is 1.33 bits per heavy atom. The third-order valence-electron chi connectivity index (χ3n) is 3.03. The van der Waals surface area contributed by atoms with Crippen LogP contribution in [0.3, 0.4) is 0 Å². The lowest BCUT2D eigenvalue weighted by molar-refractivity contribution is 0.319. The Bertz CT molecular complexity index is 542. The Labute approximate surface area is 111 Å². The van der Waals surface area contributed by atoms with E-state index in [1.54, 1.807) is 0 Å². The lowest BCUT2D eigenvalue weighted by Crippen LogP contribution is -2.43. The highest BCUT2D eigenvalue weighted by Gasteiger charge is 2.30. The van der Waals surface area contributed by atoms with Crippen molar-refractivity contribution in [2.24, 2.45) is 5.73 Å². The molecule has 2 rings (SSSR count). The quantitative estimate of drug-likeness (QED) is 0.900. The molecule has 1 aliphatic rings. The van der Waals surface area contributed by atoms with Gasteiger partial charge in [0.25, 0.3) is 0 Å². The lowest BCUT2D eigenvalue weighted by Gasteiger charge is -2.29. The summed E-state index contributed by atoms with van der Waals surface area (Å²) in [5.41, 5.74) is 5.72. The van der Waals surface area contributed by atoms with E-state index in [2.05, 4.69) is 0 Å². The molecule has 0 atom stereocenters. The topological polar surface area (TPSA) is 63.4 Å². The molecule has 1 aliphatic heterocycles. The smallest absolute Gasteiger partial charge is 0.246 e. The summed E-state index contributed by atoms with van der Waals surface area (Å²) < 4.78 is 39.5. The van der Waals surface area contributed by atoms with Gasteiger partial charge in [-0.2, -0.15) is 4.31 Å². The Hall–Kier alpha value is -0.690. The first kappa shape index (κ1) is 13.7. The Kier molecular flexibility index (Phi) is 3.91. The molecule has 4 nitrogen and oxygen atoms in total. The van der Waals surface area contributed by atoms with Gasteiger partial charge in [-0.3, -0.25) is 0 Å². The molecule has 100 valence electrons. The first-order valence-corrected chi connectivity index (χ1v) is 7.44. The standard InChI is InChI=1S/C11H14ClFN2O2S/c12-9-2-1-3-10(11(9)13)18(16,17)15-6-4-8(14)5-7-15/h1-3,8H,4-7,14H2. The first-order valence-electron chi connectivity index (χ1n) is 5.62. The van der Waals surface area contributed by atoms with Crippen LogP contribution >= 0.6 is 11.6 Å². The minimum Gasteiger partial charge on any atom is -0.328 e. The zero-order valence-corrected chi connectivity index (χ0v) is 11.2.